The van der Waals surface area contributed by atoms with Crippen molar-refractivity contribution < 1.29 is 9.84 Å². The van der Waals surface area contributed by atoms with Crippen LogP contribution in [-0.4, -0.2) is 62.0 Å². The number of nitrogens with zero attached hydrogens (tertiary/aromatic N) is 2. The Morgan fingerprint density at radius 2 is 2.04 bits per heavy atom. The number of aliphatic imine (C=N–C) groups is 1. The van der Waals surface area contributed by atoms with E-state index in [1.807, 2.05) is 0 Å². The highest BCUT2D eigenvalue weighted by molar-refractivity contribution is 14.0. The van der Waals surface area contributed by atoms with Crippen molar-refractivity contribution in [2.45, 2.75) is 46.5 Å². The highest BCUT2D eigenvalue weighted by atomic mass is 127. The maximum Gasteiger partial charge on any atom is 0.193 e. The van der Waals surface area contributed by atoms with Gasteiger partial charge in [-0.05, 0) is 32.6 Å². The van der Waals surface area contributed by atoms with E-state index in [0.29, 0.717) is 12.0 Å². The van der Waals surface area contributed by atoms with Crippen LogP contribution >= 0.6 is 24.0 Å². The Bertz CT molecular complexity index is 372. The monoisotopic (exact) mass is 439 g/mol. The van der Waals surface area contributed by atoms with E-state index >= 15 is 0 Å². The van der Waals surface area contributed by atoms with Gasteiger partial charge in [-0.25, -0.2) is 0 Å². The minimum Gasteiger partial charge on any atom is -0.396 e. The largest absolute Gasteiger partial charge is 0.396 e. The Hall–Kier alpha value is -0.0800. The molecule has 0 aromatic rings. The topological polar surface area (TPSA) is 57.1 Å². The Balaban J connectivity index is 0.00000264. The molecule has 23 heavy (non-hydrogen) atoms. The number of hydrogen-bond donors (Lipinski definition) is 2. The molecule has 1 spiro atoms. The van der Waals surface area contributed by atoms with Crippen LogP contribution in [-0.2, 0) is 4.74 Å². The van der Waals surface area contributed by atoms with Crippen LogP contribution in [0, 0.1) is 10.8 Å². The van der Waals surface area contributed by atoms with Gasteiger partial charge in [0.05, 0.1) is 19.8 Å². The van der Waals surface area contributed by atoms with E-state index in [2.05, 4.69) is 31.0 Å². The lowest BCUT2D eigenvalue weighted by Gasteiger charge is -2.29. The number of likely N-dealkylation sites (tertiary alicyclic amines) is 1. The maximum atomic E-state index is 9.73. The van der Waals surface area contributed by atoms with Crippen LogP contribution < -0.4 is 5.32 Å². The van der Waals surface area contributed by atoms with Crippen molar-refractivity contribution in [3.05, 3.63) is 0 Å². The number of guanidine groups is 1. The molecule has 1 atom stereocenters. The summed E-state index contributed by atoms with van der Waals surface area (Å²) in [6, 6.07) is 0. The first-order valence-corrected chi connectivity index (χ1v) is 8.84. The number of aliphatic hydroxyl groups is 1. The molecule has 0 aromatic heterocycles. The average Bonchev–Trinajstić information content (AvgIpc) is 3.18. The van der Waals surface area contributed by atoms with Gasteiger partial charge in [-0.15, -0.1) is 24.0 Å². The van der Waals surface area contributed by atoms with Gasteiger partial charge in [0.1, 0.15) is 0 Å². The second-order valence-corrected chi connectivity index (χ2v) is 7.01. The molecule has 1 unspecified atom stereocenters. The van der Waals surface area contributed by atoms with Crippen molar-refractivity contribution in [2.24, 2.45) is 15.8 Å². The predicted molar refractivity (Wildman–Crippen MR) is 106 cm³/mol. The number of ether oxygens (including phenoxy) is 1. The Kier molecular flexibility index (Phi) is 8.58. The van der Waals surface area contributed by atoms with E-state index in [1.54, 1.807) is 0 Å². The third-order valence-corrected chi connectivity index (χ3v) is 5.66. The first-order chi connectivity index (χ1) is 10.6. The number of nitrogens with one attached hydrogen (secondary N) is 1. The van der Waals surface area contributed by atoms with E-state index in [1.165, 1.54) is 12.8 Å². The van der Waals surface area contributed by atoms with Crippen LogP contribution in [0.15, 0.2) is 4.99 Å². The van der Waals surface area contributed by atoms with Crippen molar-refractivity contribution in [1.82, 2.24) is 10.2 Å². The first-order valence-electron chi connectivity index (χ1n) is 8.84. The molecular formula is C17H34IN3O2. The highest BCUT2D eigenvalue weighted by Crippen LogP contribution is 2.38. The lowest BCUT2D eigenvalue weighted by atomic mass is 9.83. The van der Waals surface area contributed by atoms with E-state index in [-0.39, 0.29) is 36.0 Å². The zero-order chi connectivity index (χ0) is 16.1. The summed E-state index contributed by atoms with van der Waals surface area (Å²) in [5.74, 6) is 1.01. The number of halogens is 1. The van der Waals surface area contributed by atoms with Crippen molar-refractivity contribution in [3.8, 4) is 0 Å². The molecule has 2 heterocycles. The third kappa shape index (κ3) is 4.95. The molecular weight excluding hydrogens is 405 g/mol. The fourth-order valence-corrected chi connectivity index (χ4v) is 3.50. The minimum atomic E-state index is -0.0748. The van der Waals surface area contributed by atoms with Crippen LogP contribution in [0.3, 0.4) is 0 Å². The molecule has 0 aromatic carbocycles. The quantitative estimate of drug-likeness (QED) is 0.380. The van der Waals surface area contributed by atoms with Crippen LogP contribution in [0.4, 0.5) is 0 Å². The van der Waals surface area contributed by atoms with Gasteiger partial charge in [0.15, 0.2) is 5.96 Å². The van der Waals surface area contributed by atoms with Gasteiger partial charge in [-0.3, -0.25) is 4.99 Å². The van der Waals surface area contributed by atoms with Gasteiger partial charge in [-0.1, -0.05) is 13.8 Å². The second-order valence-electron chi connectivity index (χ2n) is 7.01. The average molecular weight is 439 g/mol. The molecule has 2 saturated heterocycles. The fourth-order valence-electron chi connectivity index (χ4n) is 3.50. The smallest absolute Gasteiger partial charge is 0.193 e. The molecule has 2 N–H and O–H groups in total. The molecule has 2 aliphatic heterocycles. The van der Waals surface area contributed by atoms with Crippen LogP contribution in [0.25, 0.3) is 0 Å². The molecule has 0 saturated carbocycles. The number of rotatable bonds is 6. The Morgan fingerprint density at radius 1 is 1.30 bits per heavy atom. The number of aliphatic hydroxyl groups excluding tert-OH is 1. The fraction of sp³-hybridized carbons (Fsp3) is 0.941. The third-order valence-electron chi connectivity index (χ3n) is 5.66. The molecule has 2 aliphatic rings. The minimum absolute atomic E-state index is 0. The van der Waals surface area contributed by atoms with Crippen molar-refractivity contribution in [1.29, 1.82) is 0 Å². The predicted octanol–water partition coefficient (Wildman–Crippen LogP) is 2.48. The highest BCUT2D eigenvalue weighted by Gasteiger charge is 2.42. The van der Waals surface area contributed by atoms with Gasteiger partial charge >= 0.3 is 0 Å². The first kappa shape index (κ1) is 21.0. The summed E-state index contributed by atoms with van der Waals surface area (Å²) in [6.07, 6.45) is 4.29. The Labute approximate surface area is 158 Å². The zero-order valence-corrected chi connectivity index (χ0v) is 17.3. The molecule has 2 rings (SSSR count). The molecule has 5 nitrogen and oxygen atoms in total. The Morgan fingerprint density at radius 3 is 2.57 bits per heavy atom. The molecule has 0 bridgehead atoms. The van der Waals surface area contributed by atoms with Gasteiger partial charge in [0.2, 0.25) is 0 Å². The lowest BCUT2D eigenvalue weighted by molar-refractivity contribution is 0.123. The van der Waals surface area contributed by atoms with E-state index in [9.17, 15) is 5.11 Å². The van der Waals surface area contributed by atoms with Crippen LogP contribution in [0.2, 0.25) is 0 Å². The zero-order valence-electron chi connectivity index (χ0n) is 14.9. The lowest BCUT2D eigenvalue weighted by Crippen LogP contribution is -2.42. The summed E-state index contributed by atoms with van der Waals surface area (Å²) >= 11 is 0. The summed E-state index contributed by atoms with van der Waals surface area (Å²) in [6.45, 7) is 12.1. The van der Waals surface area contributed by atoms with Gasteiger partial charge in [0.25, 0.3) is 0 Å². The van der Waals surface area contributed by atoms with Crippen LogP contribution in [0.5, 0.6) is 0 Å². The SMILES string of the molecule is CCNC(=NCC(CC)(CC)CO)N1CCC2(CCOC2)C1.I. The normalized spacial score (nSPS) is 25.0. The summed E-state index contributed by atoms with van der Waals surface area (Å²) in [7, 11) is 0. The van der Waals surface area contributed by atoms with E-state index in [0.717, 1.165) is 51.6 Å². The second kappa shape index (κ2) is 9.42. The van der Waals surface area contributed by atoms with Gasteiger partial charge < -0.3 is 20.1 Å². The summed E-state index contributed by atoms with van der Waals surface area (Å²) in [4.78, 5) is 7.25. The van der Waals surface area contributed by atoms with Crippen molar-refractivity contribution >= 4 is 29.9 Å². The molecule has 0 aliphatic carbocycles. The molecule has 6 heteroatoms. The number of hydrogen-bond acceptors (Lipinski definition) is 3. The van der Waals surface area contributed by atoms with E-state index < -0.39 is 0 Å². The standard InChI is InChI=1S/C17H33N3O2.HI/c1-4-16(5-2,13-21)11-19-15(18-6-3)20-9-7-17(12-20)8-10-22-14-17;/h21H,4-14H2,1-3H3,(H,18,19);1H. The summed E-state index contributed by atoms with van der Waals surface area (Å²) in [5.41, 5.74) is 0.272. The molecule has 0 radical (unpaired) electrons. The molecule has 2 fully saturated rings. The van der Waals surface area contributed by atoms with Gasteiger partial charge in [0, 0.05) is 37.1 Å². The summed E-state index contributed by atoms with van der Waals surface area (Å²) < 4.78 is 5.62. The van der Waals surface area contributed by atoms with Crippen molar-refractivity contribution in [2.75, 3.05) is 46.0 Å². The van der Waals surface area contributed by atoms with Crippen molar-refractivity contribution in [3.63, 3.8) is 0 Å². The molecule has 136 valence electrons. The van der Waals surface area contributed by atoms with Crippen LogP contribution in [0.1, 0.15) is 46.5 Å². The summed E-state index contributed by atoms with van der Waals surface area (Å²) in [5, 5.41) is 13.2. The maximum absolute atomic E-state index is 9.73. The van der Waals surface area contributed by atoms with Gasteiger partial charge in [-0.2, -0.15) is 0 Å². The molecule has 0 amide bonds. The van der Waals surface area contributed by atoms with E-state index in [4.69, 9.17) is 9.73 Å².